The third-order valence-electron chi connectivity index (χ3n) is 11.7. The zero-order chi connectivity index (χ0) is 44.6. The van der Waals surface area contributed by atoms with Crippen molar-refractivity contribution in [1.29, 1.82) is 0 Å². The van der Waals surface area contributed by atoms with Crippen molar-refractivity contribution in [1.82, 2.24) is 10.6 Å². The second kappa shape index (κ2) is 22.7. The Hall–Kier alpha value is -2.15. The van der Waals surface area contributed by atoms with E-state index in [-0.39, 0.29) is 32.5 Å². The molecule has 23 heteroatoms. The summed E-state index contributed by atoms with van der Waals surface area (Å²) in [5, 5.41) is 91.2. The summed E-state index contributed by atoms with van der Waals surface area (Å²) >= 11 is 0. The van der Waals surface area contributed by atoms with E-state index in [0.717, 1.165) is 12.0 Å². The highest BCUT2D eigenvalue weighted by Crippen LogP contribution is 2.38. The van der Waals surface area contributed by atoms with Crippen LogP contribution in [0, 0.1) is 0 Å². The lowest BCUT2D eigenvalue weighted by Gasteiger charge is -2.51. The van der Waals surface area contributed by atoms with E-state index in [0.29, 0.717) is 13.1 Å². The molecule has 3 heterocycles. The summed E-state index contributed by atoms with van der Waals surface area (Å²) in [5.41, 5.74) is 30.3. The highest BCUT2D eigenvalue weighted by Gasteiger charge is 2.58. The van der Waals surface area contributed by atoms with Crippen LogP contribution in [0.25, 0.3) is 0 Å². The predicted octanol–water partition coefficient (Wildman–Crippen LogP) is -7.75. The number of aliphatic hydroxyl groups excluding tert-OH is 8. The molecule has 0 spiro atoms. The maximum Gasteiger partial charge on any atom is 0.249 e. The number of hydrogen-bond donors (Lipinski definition) is 15. The fourth-order valence-corrected chi connectivity index (χ4v) is 8.09. The molecule has 0 radical (unpaired) electrons. The molecule has 5 rings (SSSR count). The van der Waals surface area contributed by atoms with Crippen molar-refractivity contribution in [2.75, 3.05) is 46.0 Å². The van der Waals surface area contributed by atoms with Crippen molar-refractivity contribution in [2.45, 2.75) is 148 Å². The van der Waals surface area contributed by atoms with Crippen LogP contribution in [0.2, 0.25) is 0 Å². The molecule has 1 amide bonds. The van der Waals surface area contributed by atoms with Crippen molar-refractivity contribution >= 4 is 5.91 Å². The normalized spacial score (nSPS) is 42.3. The standard InChI is InChI=1S/C38H67N7O16/c1-38(43)13-18(45-34(54)19(48)7-9-39)25(49)31(33(38)61-36-24(42)29(53)27(51)21(15-46)57-36)60-37-32(55-12-11-44-10-8-17-5-3-2-4-6-17)30(22(16-47)58-37)59-35-23(41)28(52)26(50)20(14-40)56-35/h2-6,18-33,35-37,44,46-53H,7-16,39-43H2,1H3,(H,45,54)/t18-,19+,20+,21-,22-,23-,24-,25+,26-,27-,28-,29-,30-,31-,32-,33+,35-,36-,37+,38?/m1/s1. The second-order valence-electron chi connectivity index (χ2n) is 16.3. The van der Waals surface area contributed by atoms with Gasteiger partial charge in [-0.3, -0.25) is 4.79 Å². The summed E-state index contributed by atoms with van der Waals surface area (Å²) in [4.78, 5) is 13.0. The van der Waals surface area contributed by atoms with Gasteiger partial charge in [0.05, 0.1) is 37.9 Å². The van der Waals surface area contributed by atoms with Crippen molar-refractivity contribution < 1.29 is 78.8 Å². The molecule has 1 aromatic carbocycles. The SMILES string of the molecule is CC1(N)C[C@@H](NC(=O)[C@@H](O)CCN)[C@H](O)[C@@H](O[C@@H]2O[C@H](CO)[C@@H](O[C@H]3O[C@@H](CN)[C@@H](O)[C@H](O)[C@H]3N)[C@H]2OCCNCCc2ccccc2)[C@@H]1O[C@H]1O[C@H](CO)[C@@H](O)[C@H](O)[C@H]1N. The topological polar surface area (TPSA) is 398 Å². The highest BCUT2D eigenvalue weighted by atomic mass is 16.8. The number of carbonyl (C=O) groups is 1. The molecule has 3 aliphatic heterocycles. The van der Waals surface area contributed by atoms with Gasteiger partial charge in [-0.15, -0.1) is 0 Å². The molecular formula is C38H67N7O16. The number of aliphatic hydroxyl groups is 8. The number of nitrogens with two attached hydrogens (primary N) is 5. The number of ether oxygens (including phenoxy) is 7. The van der Waals surface area contributed by atoms with Gasteiger partial charge < -0.3 is 113 Å². The molecule has 61 heavy (non-hydrogen) atoms. The Bertz CT molecular complexity index is 1480. The van der Waals surface area contributed by atoms with E-state index >= 15 is 0 Å². The Morgan fingerprint density at radius 1 is 0.803 bits per heavy atom. The first-order chi connectivity index (χ1) is 29.1. The fraction of sp³-hybridized carbons (Fsp3) is 0.816. The van der Waals surface area contributed by atoms with Gasteiger partial charge in [0, 0.05) is 18.6 Å². The molecule has 1 unspecified atom stereocenters. The van der Waals surface area contributed by atoms with Crippen molar-refractivity contribution in [2.24, 2.45) is 28.7 Å². The van der Waals surface area contributed by atoms with E-state index in [1.807, 2.05) is 30.3 Å². The maximum absolute atomic E-state index is 13.0. The minimum atomic E-state index is -1.67. The zero-order valence-electron chi connectivity index (χ0n) is 34.2. The van der Waals surface area contributed by atoms with Gasteiger partial charge >= 0.3 is 0 Å². The van der Waals surface area contributed by atoms with Gasteiger partial charge in [-0.25, -0.2) is 0 Å². The summed E-state index contributed by atoms with van der Waals surface area (Å²) in [7, 11) is 0. The summed E-state index contributed by atoms with van der Waals surface area (Å²) in [6, 6.07) is 5.96. The van der Waals surface area contributed by atoms with E-state index in [4.69, 9.17) is 61.8 Å². The van der Waals surface area contributed by atoms with Gasteiger partial charge in [-0.1, -0.05) is 30.3 Å². The van der Waals surface area contributed by atoms with E-state index in [9.17, 15) is 45.6 Å². The molecule has 350 valence electrons. The van der Waals surface area contributed by atoms with Gasteiger partial charge in [0.15, 0.2) is 18.9 Å². The predicted molar refractivity (Wildman–Crippen MR) is 211 cm³/mol. The maximum atomic E-state index is 13.0. The third kappa shape index (κ3) is 12.0. The van der Waals surface area contributed by atoms with Crippen molar-refractivity contribution in [3.05, 3.63) is 35.9 Å². The second-order valence-corrected chi connectivity index (χ2v) is 16.3. The molecule has 20 N–H and O–H groups in total. The zero-order valence-corrected chi connectivity index (χ0v) is 34.2. The lowest BCUT2D eigenvalue weighted by molar-refractivity contribution is -0.318. The van der Waals surface area contributed by atoms with Crippen LogP contribution in [0.3, 0.4) is 0 Å². The summed E-state index contributed by atoms with van der Waals surface area (Å²) in [6.07, 6.45) is -22.3. The van der Waals surface area contributed by atoms with E-state index in [1.165, 1.54) is 6.92 Å². The van der Waals surface area contributed by atoms with Crippen LogP contribution in [0.15, 0.2) is 30.3 Å². The Labute approximate surface area is 353 Å². The fourth-order valence-electron chi connectivity index (χ4n) is 8.09. The molecule has 3 saturated heterocycles. The average Bonchev–Trinajstić information content (AvgIpc) is 3.57. The van der Waals surface area contributed by atoms with Crippen molar-refractivity contribution in [3.8, 4) is 0 Å². The van der Waals surface area contributed by atoms with Gasteiger partial charge in [-0.2, -0.15) is 0 Å². The largest absolute Gasteiger partial charge is 0.394 e. The monoisotopic (exact) mass is 877 g/mol. The summed E-state index contributed by atoms with van der Waals surface area (Å²) in [6.45, 7) is 0.895. The number of hydrogen-bond acceptors (Lipinski definition) is 22. The van der Waals surface area contributed by atoms with Crippen LogP contribution in [-0.4, -0.2) is 215 Å². The smallest absolute Gasteiger partial charge is 0.249 e. The van der Waals surface area contributed by atoms with Gasteiger partial charge in [0.1, 0.15) is 79.4 Å². The van der Waals surface area contributed by atoms with E-state index in [1.54, 1.807) is 0 Å². The Balaban J connectivity index is 1.44. The molecular weight excluding hydrogens is 810 g/mol. The van der Waals surface area contributed by atoms with Crippen LogP contribution < -0.4 is 39.3 Å². The van der Waals surface area contributed by atoms with Crippen molar-refractivity contribution in [3.63, 3.8) is 0 Å². The molecule has 4 fully saturated rings. The molecule has 4 aliphatic rings. The number of rotatable bonds is 20. The first-order valence-corrected chi connectivity index (χ1v) is 20.7. The Morgan fingerprint density at radius 3 is 2.02 bits per heavy atom. The first-order valence-electron chi connectivity index (χ1n) is 20.7. The van der Waals surface area contributed by atoms with Crippen LogP contribution in [0.1, 0.15) is 25.3 Å². The van der Waals surface area contributed by atoms with Crippen LogP contribution in [-0.2, 0) is 44.4 Å². The lowest BCUT2D eigenvalue weighted by Crippen LogP contribution is -2.72. The molecule has 23 nitrogen and oxygen atoms in total. The summed E-state index contributed by atoms with van der Waals surface area (Å²) < 4.78 is 43.2. The Morgan fingerprint density at radius 2 is 1.39 bits per heavy atom. The molecule has 1 aliphatic carbocycles. The Kier molecular flexibility index (Phi) is 18.5. The van der Waals surface area contributed by atoms with Crippen LogP contribution in [0.4, 0.5) is 0 Å². The quantitative estimate of drug-likeness (QED) is 0.0541. The van der Waals surface area contributed by atoms with Crippen LogP contribution in [0.5, 0.6) is 0 Å². The number of amides is 1. The molecule has 0 aromatic heterocycles. The van der Waals surface area contributed by atoms with Gasteiger partial charge in [-0.05, 0) is 44.8 Å². The number of carbonyl (C=O) groups excluding carboxylic acids is 1. The molecule has 1 aromatic rings. The lowest BCUT2D eigenvalue weighted by atomic mass is 9.74. The molecule has 20 atom stereocenters. The van der Waals surface area contributed by atoms with Gasteiger partial charge in [0.25, 0.3) is 0 Å². The van der Waals surface area contributed by atoms with Gasteiger partial charge in [0.2, 0.25) is 5.91 Å². The molecule has 1 saturated carbocycles. The number of benzene rings is 1. The first kappa shape index (κ1) is 49.9. The number of nitrogens with one attached hydrogen (secondary N) is 2. The highest BCUT2D eigenvalue weighted by molar-refractivity contribution is 5.80. The van der Waals surface area contributed by atoms with E-state index in [2.05, 4.69) is 10.6 Å². The summed E-state index contributed by atoms with van der Waals surface area (Å²) in [5.74, 6) is -0.845. The molecule has 0 bridgehead atoms. The van der Waals surface area contributed by atoms with E-state index < -0.39 is 141 Å². The average molecular weight is 878 g/mol. The minimum Gasteiger partial charge on any atom is -0.394 e. The third-order valence-corrected chi connectivity index (χ3v) is 11.7. The van der Waals surface area contributed by atoms with Crippen LogP contribution >= 0.6 is 0 Å². The minimum absolute atomic E-state index is 0.00345.